The Balaban J connectivity index is 1.63. The van der Waals surface area contributed by atoms with Gasteiger partial charge in [-0.25, -0.2) is 8.42 Å². The van der Waals surface area contributed by atoms with Gasteiger partial charge < -0.3 is 0 Å². The van der Waals surface area contributed by atoms with Gasteiger partial charge >= 0.3 is 10.5 Å². The van der Waals surface area contributed by atoms with E-state index in [4.69, 9.17) is 4.52 Å². The van der Waals surface area contributed by atoms with Crippen LogP contribution in [0.25, 0.3) is 0 Å². The molecule has 0 spiro atoms. The van der Waals surface area contributed by atoms with Gasteiger partial charge in [0.05, 0.1) is 29.6 Å². The number of amides is 1. The van der Waals surface area contributed by atoms with E-state index in [2.05, 4.69) is 26.5 Å². The number of nitrogens with one attached hydrogen (secondary N) is 1. The molecule has 1 amide bonds. The van der Waals surface area contributed by atoms with Gasteiger partial charge in [-0.2, -0.15) is 4.31 Å². The quantitative estimate of drug-likeness (QED) is 0.523. The summed E-state index contributed by atoms with van der Waals surface area (Å²) in [6, 6.07) is 0. The molecule has 1 atom stereocenters. The molecule has 1 unspecified atom stereocenters. The molecule has 1 aromatic heterocycles. The molecular formula is C15H23BrN5O4S+. The topological polar surface area (TPSA) is 99.6 Å². The van der Waals surface area contributed by atoms with Crippen molar-refractivity contribution in [1.82, 2.24) is 9.58 Å². The van der Waals surface area contributed by atoms with Gasteiger partial charge in [0.1, 0.15) is 0 Å². The van der Waals surface area contributed by atoms with Crippen molar-refractivity contribution < 1.29 is 22.5 Å². The molecule has 2 heterocycles. The number of nitrogens with zero attached hydrogens (tertiary/aromatic N) is 4. The SMILES string of the molecule is CCS(=O)(=O)N1CCN([n+]2noc(NC(=O)C3C=CCCC3)c2Br)CC1. The summed E-state index contributed by atoms with van der Waals surface area (Å²) < 4.78 is 31.1. The van der Waals surface area contributed by atoms with Crippen molar-refractivity contribution in [2.45, 2.75) is 26.2 Å². The second-order valence-electron chi connectivity index (χ2n) is 6.29. The number of hydrogen-bond acceptors (Lipinski definition) is 6. The summed E-state index contributed by atoms with van der Waals surface area (Å²) in [6.07, 6.45) is 6.77. The van der Waals surface area contributed by atoms with Crippen LogP contribution in [0.15, 0.2) is 21.3 Å². The first-order valence-electron chi connectivity index (χ1n) is 8.70. The average Bonchev–Trinajstić information content (AvgIpc) is 3.03. The van der Waals surface area contributed by atoms with E-state index in [1.807, 2.05) is 17.2 Å². The minimum Gasteiger partial charge on any atom is -0.287 e. The highest BCUT2D eigenvalue weighted by Gasteiger charge is 2.35. The van der Waals surface area contributed by atoms with Crippen LogP contribution in [-0.2, 0) is 14.8 Å². The average molecular weight is 449 g/mol. The number of anilines is 1. The highest BCUT2D eigenvalue weighted by atomic mass is 79.9. The van der Waals surface area contributed by atoms with E-state index in [1.54, 1.807) is 6.92 Å². The molecule has 9 nitrogen and oxygen atoms in total. The largest absolute Gasteiger partial charge is 0.372 e. The molecule has 1 aromatic rings. The number of sulfonamides is 1. The summed E-state index contributed by atoms with van der Waals surface area (Å²) in [7, 11) is -3.18. The predicted octanol–water partition coefficient (Wildman–Crippen LogP) is 0.623. The summed E-state index contributed by atoms with van der Waals surface area (Å²) in [5, 5.41) is 8.59. The summed E-state index contributed by atoms with van der Waals surface area (Å²) in [5.74, 6) is 0.0675. The van der Waals surface area contributed by atoms with Gasteiger partial charge in [0.2, 0.25) is 21.2 Å². The Kier molecular flexibility index (Phi) is 5.98. The molecule has 0 saturated carbocycles. The predicted molar refractivity (Wildman–Crippen MR) is 98.5 cm³/mol. The summed E-state index contributed by atoms with van der Waals surface area (Å²) in [6.45, 7) is 3.37. The molecule has 1 fully saturated rings. The normalized spacial score (nSPS) is 21.8. The van der Waals surface area contributed by atoms with E-state index in [0.29, 0.717) is 30.8 Å². The Hall–Kier alpha value is -1.46. The molecule has 0 aromatic carbocycles. The Morgan fingerprint density at radius 1 is 1.42 bits per heavy atom. The van der Waals surface area contributed by atoms with E-state index in [1.165, 1.54) is 9.10 Å². The maximum Gasteiger partial charge on any atom is 0.372 e. The number of rotatable bonds is 5. The van der Waals surface area contributed by atoms with E-state index in [9.17, 15) is 13.2 Å². The second kappa shape index (κ2) is 8.05. The van der Waals surface area contributed by atoms with Crippen molar-refractivity contribution in [3.63, 3.8) is 0 Å². The Morgan fingerprint density at radius 3 is 2.77 bits per heavy atom. The Morgan fingerprint density at radius 2 is 2.15 bits per heavy atom. The van der Waals surface area contributed by atoms with Gasteiger partial charge in [-0.05, 0) is 26.2 Å². The number of piperazine rings is 1. The maximum absolute atomic E-state index is 12.3. The molecule has 1 aliphatic carbocycles. The number of hydrogen-bond donors (Lipinski definition) is 1. The van der Waals surface area contributed by atoms with E-state index < -0.39 is 10.0 Å². The van der Waals surface area contributed by atoms with Crippen molar-refractivity contribution in [2.24, 2.45) is 5.92 Å². The first kappa shape index (κ1) is 19.3. The van der Waals surface area contributed by atoms with Crippen LogP contribution in [0.4, 0.5) is 5.88 Å². The molecular weight excluding hydrogens is 426 g/mol. The van der Waals surface area contributed by atoms with Crippen LogP contribution in [0, 0.1) is 5.92 Å². The minimum absolute atomic E-state index is 0.0968. The fraction of sp³-hybridized carbons (Fsp3) is 0.667. The third kappa shape index (κ3) is 4.09. The Bertz CT molecular complexity index is 786. The zero-order chi connectivity index (χ0) is 18.7. The lowest BCUT2D eigenvalue weighted by Gasteiger charge is -2.28. The lowest BCUT2D eigenvalue weighted by atomic mass is 9.95. The van der Waals surface area contributed by atoms with Crippen molar-refractivity contribution >= 4 is 37.7 Å². The van der Waals surface area contributed by atoms with Crippen molar-refractivity contribution in [2.75, 3.05) is 42.3 Å². The van der Waals surface area contributed by atoms with Gasteiger partial charge in [0.15, 0.2) is 0 Å². The number of carbonyl (C=O) groups excluding carboxylic acids is 1. The molecule has 3 rings (SSSR count). The molecule has 26 heavy (non-hydrogen) atoms. The summed E-state index contributed by atoms with van der Waals surface area (Å²) in [4.78, 5) is 13.8. The standard InChI is InChI=1S/C15H22BrN5O4S/c1-2-26(23,24)20-10-8-19(9-11-20)21-13(16)15(25-18-21)17-14(22)12-6-4-3-5-7-12/h4,6,12H,2-3,5,7-11H2,1H3/p+1. The molecule has 0 radical (unpaired) electrons. The molecule has 11 heteroatoms. The Labute approximate surface area is 161 Å². The van der Waals surface area contributed by atoms with E-state index in [0.717, 1.165) is 19.3 Å². The van der Waals surface area contributed by atoms with E-state index >= 15 is 0 Å². The van der Waals surface area contributed by atoms with Crippen LogP contribution < -0.4 is 15.1 Å². The van der Waals surface area contributed by atoms with Crippen LogP contribution in [0.5, 0.6) is 0 Å². The molecule has 1 aliphatic heterocycles. The first-order valence-corrected chi connectivity index (χ1v) is 11.1. The third-order valence-corrected chi connectivity index (χ3v) is 7.20. The van der Waals surface area contributed by atoms with Gasteiger partial charge in [-0.15, -0.1) is 5.01 Å². The van der Waals surface area contributed by atoms with Crippen molar-refractivity contribution in [1.29, 1.82) is 0 Å². The second-order valence-corrected chi connectivity index (χ2v) is 9.30. The van der Waals surface area contributed by atoms with Crippen LogP contribution in [0.1, 0.15) is 26.2 Å². The number of halogens is 1. The zero-order valence-corrected chi connectivity index (χ0v) is 17.0. The van der Waals surface area contributed by atoms with Gasteiger partial charge in [-0.1, -0.05) is 12.2 Å². The van der Waals surface area contributed by atoms with Crippen LogP contribution in [-0.4, -0.2) is 55.8 Å². The highest BCUT2D eigenvalue weighted by molar-refractivity contribution is 9.10. The minimum atomic E-state index is -3.18. The van der Waals surface area contributed by atoms with Gasteiger partial charge in [0.25, 0.3) is 0 Å². The monoisotopic (exact) mass is 448 g/mol. The fourth-order valence-electron chi connectivity index (χ4n) is 3.06. The van der Waals surface area contributed by atoms with Crippen LogP contribution >= 0.6 is 15.9 Å². The lowest BCUT2D eigenvalue weighted by Crippen LogP contribution is -2.66. The number of allylic oxidation sites excluding steroid dienone is 1. The van der Waals surface area contributed by atoms with Crippen molar-refractivity contribution in [3.05, 3.63) is 16.8 Å². The number of aromatic nitrogens is 2. The highest BCUT2D eigenvalue weighted by Crippen LogP contribution is 2.22. The molecule has 1 saturated heterocycles. The first-order chi connectivity index (χ1) is 12.4. The lowest BCUT2D eigenvalue weighted by molar-refractivity contribution is -0.768. The number of carbonyl (C=O) groups is 1. The van der Waals surface area contributed by atoms with E-state index in [-0.39, 0.29) is 23.5 Å². The molecule has 0 bridgehead atoms. The third-order valence-electron chi connectivity index (χ3n) is 4.64. The van der Waals surface area contributed by atoms with Crippen molar-refractivity contribution in [3.8, 4) is 0 Å². The van der Waals surface area contributed by atoms with Crippen LogP contribution in [0.3, 0.4) is 0 Å². The maximum atomic E-state index is 12.3. The molecule has 144 valence electrons. The summed E-state index contributed by atoms with van der Waals surface area (Å²) >= 11 is 3.41. The van der Waals surface area contributed by atoms with Crippen LogP contribution in [0.2, 0.25) is 0 Å². The van der Waals surface area contributed by atoms with Gasteiger partial charge in [-0.3, -0.25) is 14.6 Å². The zero-order valence-electron chi connectivity index (χ0n) is 14.6. The summed E-state index contributed by atoms with van der Waals surface area (Å²) in [5.41, 5.74) is 0. The van der Waals surface area contributed by atoms with Gasteiger partial charge in [0, 0.05) is 29.0 Å². The fourth-order valence-corrected chi connectivity index (χ4v) is 4.60. The molecule has 2 aliphatic rings. The smallest absolute Gasteiger partial charge is 0.287 e. The molecule has 1 N–H and O–H groups in total.